The number of rotatable bonds is 7. The van der Waals surface area contributed by atoms with Crippen molar-refractivity contribution in [3.8, 4) is 0 Å². The van der Waals surface area contributed by atoms with Crippen LogP contribution in [0.2, 0.25) is 10.0 Å². The molecular weight excluding hydrogens is 439 g/mol. The third-order valence-corrected chi connectivity index (χ3v) is 7.45. The first kappa shape index (κ1) is 21.7. The highest BCUT2D eigenvalue weighted by molar-refractivity contribution is 7.99. The molecule has 0 amide bonds. The maximum absolute atomic E-state index is 6.24. The van der Waals surface area contributed by atoms with Crippen LogP contribution in [0, 0.1) is 0 Å². The summed E-state index contributed by atoms with van der Waals surface area (Å²) < 4.78 is 11.7. The average Bonchev–Trinajstić information content (AvgIpc) is 2.79. The molecule has 1 saturated heterocycles. The van der Waals surface area contributed by atoms with Crippen molar-refractivity contribution in [2.45, 2.75) is 24.2 Å². The topological polar surface area (TPSA) is 24.9 Å². The molecule has 3 aliphatic rings. The Morgan fingerprint density at radius 2 is 1.80 bits per heavy atom. The molecule has 0 aromatic heterocycles. The van der Waals surface area contributed by atoms with E-state index >= 15 is 0 Å². The highest BCUT2D eigenvalue weighted by atomic mass is 35.5. The zero-order chi connectivity index (χ0) is 20.8. The summed E-state index contributed by atoms with van der Waals surface area (Å²) in [6.45, 7) is 4.99. The summed E-state index contributed by atoms with van der Waals surface area (Å²) in [5.41, 5.74) is 1.19. The van der Waals surface area contributed by atoms with Crippen molar-refractivity contribution in [2.75, 3.05) is 38.5 Å². The molecule has 0 unspecified atom stereocenters. The van der Waals surface area contributed by atoms with Crippen molar-refractivity contribution in [1.82, 2.24) is 9.80 Å². The summed E-state index contributed by atoms with van der Waals surface area (Å²) in [5, 5.41) is 1.47. The van der Waals surface area contributed by atoms with Gasteiger partial charge in [0.2, 0.25) is 5.88 Å². The molecule has 0 bridgehead atoms. The molecule has 1 aliphatic carbocycles. The molecule has 1 fully saturated rings. The summed E-state index contributed by atoms with van der Waals surface area (Å²) in [6.07, 6.45) is 13.0. The number of piperazine rings is 1. The van der Waals surface area contributed by atoms with E-state index in [-0.39, 0.29) is 0 Å². The molecule has 1 aromatic carbocycles. The second-order valence-electron chi connectivity index (χ2n) is 7.41. The standard InChI is InChI=1S/C23H26Cl2N2O2S/c24-19-8-4-9-20(25)23(19)30-15-5-10-26-11-13-27(14-12-26)22-17-28-21(16-29-22)18-6-2-1-3-7-18/h1-2,4,6,8-9,16-17H,3,5,7,10-15H2. The largest absolute Gasteiger partial charge is 0.456 e. The molecule has 0 atom stereocenters. The summed E-state index contributed by atoms with van der Waals surface area (Å²) in [4.78, 5) is 5.73. The first-order chi connectivity index (χ1) is 14.7. The van der Waals surface area contributed by atoms with Crippen LogP contribution in [0.4, 0.5) is 0 Å². The molecule has 4 nitrogen and oxygen atoms in total. The van der Waals surface area contributed by atoms with Gasteiger partial charge in [-0.25, -0.2) is 0 Å². The fraction of sp³-hybridized carbons (Fsp3) is 0.391. The Hall–Kier alpha value is -1.53. The van der Waals surface area contributed by atoms with Crippen LogP contribution in [0.3, 0.4) is 0 Å². The van der Waals surface area contributed by atoms with Gasteiger partial charge in [-0.2, -0.15) is 0 Å². The molecule has 0 N–H and O–H groups in total. The minimum Gasteiger partial charge on any atom is -0.456 e. The number of benzene rings is 1. The molecule has 30 heavy (non-hydrogen) atoms. The van der Waals surface area contributed by atoms with Gasteiger partial charge in [0.1, 0.15) is 6.26 Å². The monoisotopic (exact) mass is 464 g/mol. The minimum absolute atomic E-state index is 0.734. The second kappa shape index (κ2) is 10.7. The Bertz CT molecular complexity index is 854. The van der Waals surface area contributed by atoms with Gasteiger partial charge >= 0.3 is 0 Å². The molecule has 4 rings (SSSR count). The van der Waals surface area contributed by atoms with Crippen LogP contribution < -0.4 is 0 Å². The number of allylic oxidation sites excluding steroid dienone is 4. The zero-order valence-corrected chi connectivity index (χ0v) is 19.2. The van der Waals surface area contributed by atoms with Crippen molar-refractivity contribution >= 4 is 35.0 Å². The molecule has 0 spiro atoms. The maximum atomic E-state index is 6.24. The SMILES string of the molecule is Clc1cccc(Cl)c1SCCCN1CCN(C2=COC(C3=CC=CCC3)=CO2)CC1. The molecule has 1 aromatic rings. The van der Waals surface area contributed by atoms with Gasteiger partial charge in [-0.05, 0) is 49.3 Å². The van der Waals surface area contributed by atoms with Gasteiger partial charge < -0.3 is 14.4 Å². The van der Waals surface area contributed by atoms with E-state index in [4.69, 9.17) is 32.7 Å². The molecule has 160 valence electrons. The lowest BCUT2D eigenvalue weighted by Crippen LogP contribution is -2.46. The van der Waals surface area contributed by atoms with E-state index in [9.17, 15) is 0 Å². The molecule has 0 radical (unpaired) electrons. The van der Waals surface area contributed by atoms with E-state index in [1.54, 1.807) is 24.3 Å². The number of halogens is 2. The fourth-order valence-electron chi connectivity index (χ4n) is 3.67. The van der Waals surface area contributed by atoms with Gasteiger partial charge in [0.25, 0.3) is 0 Å². The van der Waals surface area contributed by atoms with Crippen LogP contribution >= 0.6 is 35.0 Å². The predicted molar refractivity (Wildman–Crippen MR) is 125 cm³/mol. The number of hydrogen-bond donors (Lipinski definition) is 0. The van der Waals surface area contributed by atoms with Gasteiger partial charge in [-0.15, -0.1) is 11.8 Å². The van der Waals surface area contributed by atoms with Crippen LogP contribution in [0.15, 0.2) is 71.1 Å². The molecule has 0 saturated carbocycles. The van der Waals surface area contributed by atoms with Crippen LogP contribution in [-0.4, -0.2) is 48.3 Å². The molecule has 7 heteroatoms. The quantitative estimate of drug-likeness (QED) is 0.360. The van der Waals surface area contributed by atoms with E-state index in [0.29, 0.717) is 0 Å². The first-order valence-corrected chi connectivity index (χ1v) is 12.1. The van der Waals surface area contributed by atoms with Gasteiger partial charge in [-0.3, -0.25) is 4.90 Å². The predicted octanol–water partition coefficient (Wildman–Crippen LogP) is 6.06. The van der Waals surface area contributed by atoms with Crippen molar-refractivity contribution in [3.63, 3.8) is 0 Å². The Labute approximate surface area is 192 Å². The first-order valence-electron chi connectivity index (χ1n) is 10.3. The van der Waals surface area contributed by atoms with E-state index in [1.807, 2.05) is 18.2 Å². The summed E-state index contributed by atoms with van der Waals surface area (Å²) in [5.74, 6) is 2.62. The second-order valence-corrected chi connectivity index (χ2v) is 9.33. The molecule has 2 aliphatic heterocycles. The summed E-state index contributed by atoms with van der Waals surface area (Å²) in [7, 11) is 0. The normalized spacial score (nSPS) is 19.5. The highest BCUT2D eigenvalue weighted by Crippen LogP contribution is 2.34. The van der Waals surface area contributed by atoms with Crippen molar-refractivity contribution in [3.05, 3.63) is 76.2 Å². The maximum Gasteiger partial charge on any atom is 0.231 e. The van der Waals surface area contributed by atoms with Gasteiger partial charge in [-0.1, -0.05) is 47.5 Å². The van der Waals surface area contributed by atoms with Crippen molar-refractivity contribution < 1.29 is 9.47 Å². The van der Waals surface area contributed by atoms with Crippen molar-refractivity contribution in [1.29, 1.82) is 0 Å². The van der Waals surface area contributed by atoms with E-state index in [0.717, 1.165) is 84.3 Å². The van der Waals surface area contributed by atoms with Crippen LogP contribution in [0.5, 0.6) is 0 Å². The van der Waals surface area contributed by atoms with Gasteiger partial charge in [0.05, 0.1) is 10.0 Å². The number of ether oxygens (including phenoxy) is 2. The zero-order valence-electron chi connectivity index (χ0n) is 16.9. The van der Waals surface area contributed by atoms with Gasteiger partial charge in [0, 0.05) is 31.1 Å². The lowest BCUT2D eigenvalue weighted by molar-refractivity contribution is 0.0848. The molecular formula is C23H26Cl2N2O2S. The minimum atomic E-state index is 0.734. The Morgan fingerprint density at radius 1 is 1.00 bits per heavy atom. The number of hydrogen-bond acceptors (Lipinski definition) is 5. The lowest BCUT2D eigenvalue weighted by atomic mass is 10.0. The van der Waals surface area contributed by atoms with Crippen LogP contribution in [0.25, 0.3) is 0 Å². The van der Waals surface area contributed by atoms with Crippen LogP contribution in [-0.2, 0) is 9.47 Å². The number of thioether (sulfide) groups is 1. The van der Waals surface area contributed by atoms with Crippen LogP contribution in [0.1, 0.15) is 19.3 Å². The van der Waals surface area contributed by atoms with E-state index < -0.39 is 0 Å². The number of nitrogens with zero attached hydrogens (tertiary/aromatic N) is 2. The van der Waals surface area contributed by atoms with E-state index in [2.05, 4.69) is 28.0 Å². The van der Waals surface area contributed by atoms with Gasteiger partial charge in [0.15, 0.2) is 12.0 Å². The van der Waals surface area contributed by atoms with E-state index in [1.165, 1.54) is 5.57 Å². The summed E-state index contributed by atoms with van der Waals surface area (Å²) >= 11 is 14.2. The fourth-order valence-corrected chi connectivity index (χ4v) is 5.28. The Morgan fingerprint density at radius 3 is 2.47 bits per heavy atom. The average molecular weight is 465 g/mol. The lowest BCUT2D eigenvalue weighted by Gasteiger charge is -2.36. The third-order valence-electron chi connectivity index (χ3n) is 5.37. The molecule has 2 heterocycles. The Kier molecular flexibility index (Phi) is 7.72. The highest BCUT2D eigenvalue weighted by Gasteiger charge is 2.22. The third kappa shape index (κ3) is 5.58. The Balaban J connectivity index is 1.16. The summed E-state index contributed by atoms with van der Waals surface area (Å²) in [6, 6.07) is 5.66. The smallest absolute Gasteiger partial charge is 0.231 e. The van der Waals surface area contributed by atoms with Crippen molar-refractivity contribution in [2.24, 2.45) is 0 Å².